The highest BCUT2D eigenvalue weighted by molar-refractivity contribution is 7.90. The summed E-state index contributed by atoms with van der Waals surface area (Å²) in [6.07, 6.45) is 0. The van der Waals surface area contributed by atoms with Gasteiger partial charge < -0.3 is 5.73 Å². The van der Waals surface area contributed by atoms with Gasteiger partial charge in [0.1, 0.15) is 0 Å². The topological polar surface area (TPSA) is 89.3 Å². The third-order valence-corrected chi connectivity index (χ3v) is 3.97. The normalized spacial score (nSPS) is 11.5. The molecule has 3 N–H and O–H groups in total. The SMILES string of the molecule is CC(C)S(=O)(=O)NC(=O)c1cc(N)cc(Cl)c1. The lowest BCUT2D eigenvalue weighted by Gasteiger charge is -2.10. The molecule has 94 valence electrons. The number of amides is 1. The molecule has 1 amide bonds. The Bertz CT molecular complexity index is 520. The number of sulfonamides is 1. The fraction of sp³-hybridized carbons (Fsp3) is 0.300. The van der Waals surface area contributed by atoms with E-state index in [2.05, 4.69) is 0 Å². The number of benzene rings is 1. The molecule has 0 radical (unpaired) electrons. The summed E-state index contributed by atoms with van der Waals surface area (Å²) >= 11 is 5.72. The van der Waals surface area contributed by atoms with Crippen molar-refractivity contribution in [1.29, 1.82) is 0 Å². The molecule has 0 heterocycles. The second-order valence-electron chi connectivity index (χ2n) is 3.80. The molecule has 0 saturated carbocycles. The summed E-state index contributed by atoms with van der Waals surface area (Å²) in [5.74, 6) is -0.743. The van der Waals surface area contributed by atoms with Gasteiger partial charge in [0.2, 0.25) is 10.0 Å². The van der Waals surface area contributed by atoms with Gasteiger partial charge in [-0.3, -0.25) is 4.79 Å². The number of carbonyl (C=O) groups is 1. The van der Waals surface area contributed by atoms with Crippen LogP contribution >= 0.6 is 11.6 Å². The smallest absolute Gasteiger partial charge is 0.264 e. The van der Waals surface area contributed by atoms with Crippen molar-refractivity contribution in [3.63, 3.8) is 0 Å². The highest BCUT2D eigenvalue weighted by Gasteiger charge is 2.20. The van der Waals surface area contributed by atoms with Gasteiger partial charge in [-0.1, -0.05) is 11.6 Å². The molecule has 0 unspecified atom stereocenters. The number of hydrogen-bond acceptors (Lipinski definition) is 4. The van der Waals surface area contributed by atoms with Crippen molar-refractivity contribution in [1.82, 2.24) is 4.72 Å². The number of hydrogen-bond donors (Lipinski definition) is 2. The van der Waals surface area contributed by atoms with Crippen LogP contribution in [0.3, 0.4) is 0 Å². The Morgan fingerprint density at radius 2 is 1.94 bits per heavy atom. The Kier molecular flexibility index (Phi) is 4.00. The summed E-state index contributed by atoms with van der Waals surface area (Å²) in [5.41, 5.74) is 5.91. The molecule has 0 fully saturated rings. The van der Waals surface area contributed by atoms with E-state index in [1.54, 1.807) is 0 Å². The Morgan fingerprint density at radius 1 is 1.35 bits per heavy atom. The molecule has 0 aliphatic heterocycles. The van der Waals surface area contributed by atoms with Crippen molar-refractivity contribution in [3.05, 3.63) is 28.8 Å². The highest BCUT2D eigenvalue weighted by Crippen LogP contribution is 2.16. The number of carbonyl (C=O) groups excluding carboxylic acids is 1. The lowest BCUT2D eigenvalue weighted by Crippen LogP contribution is -2.35. The molecule has 0 atom stereocenters. The minimum absolute atomic E-state index is 0.110. The molecule has 0 aromatic heterocycles. The second-order valence-corrected chi connectivity index (χ2v) is 6.47. The number of halogens is 1. The van der Waals surface area contributed by atoms with E-state index in [0.717, 1.165) is 0 Å². The van der Waals surface area contributed by atoms with Gasteiger partial charge in [-0.15, -0.1) is 0 Å². The largest absolute Gasteiger partial charge is 0.399 e. The summed E-state index contributed by atoms with van der Waals surface area (Å²) in [7, 11) is -3.65. The minimum Gasteiger partial charge on any atom is -0.399 e. The van der Waals surface area contributed by atoms with Crippen molar-refractivity contribution in [2.45, 2.75) is 19.1 Å². The monoisotopic (exact) mass is 276 g/mol. The standard InChI is InChI=1S/C10H13ClN2O3S/c1-6(2)17(15,16)13-10(14)7-3-8(11)5-9(12)4-7/h3-6H,12H2,1-2H3,(H,13,14). The van der Waals surface area contributed by atoms with Gasteiger partial charge >= 0.3 is 0 Å². The summed E-state index contributed by atoms with van der Waals surface area (Å²) < 4.78 is 24.9. The first kappa shape index (κ1) is 13.8. The van der Waals surface area contributed by atoms with Crippen molar-refractivity contribution in [3.8, 4) is 0 Å². The fourth-order valence-corrected chi connectivity index (χ4v) is 1.90. The van der Waals surface area contributed by atoms with Crippen LogP contribution in [-0.2, 0) is 10.0 Å². The maximum atomic E-state index is 11.7. The van der Waals surface area contributed by atoms with Gasteiger partial charge in [0.25, 0.3) is 5.91 Å². The Hall–Kier alpha value is -1.27. The predicted molar refractivity (Wildman–Crippen MR) is 67.4 cm³/mol. The lowest BCUT2D eigenvalue weighted by atomic mass is 10.2. The number of nitrogen functional groups attached to an aromatic ring is 1. The van der Waals surface area contributed by atoms with E-state index < -0.39 is 21.2 Å². The molecule has 0 spiro atoms. The molecule has 1 aromatic rings. The quantitative estimate of drug-likeness (QED) is 0.817. The maximum Gasteiger partial charge on any atom is 0.264 e. The second kappa shape index (κ2) is 4.93. The maximum absolute atomic E-state index is 11.7. The van der Waals surface area contributed by atoms with Gasteiger partial charge in [0.15, 0.2) is 0 Å². The van der Waals surface area contributed by atoms with E-state index in [1.165, 1.54) is 32.0 Å². The van der Waals surface area contributed by atoms with E-state index in [4.69, 9.17) is 17.3 Å². The van der Waals surface area contributed by atoms with Gasteiger partial charge in [-0.05, 0) is 32.0 Å². The number of nitrogens with one attached hydrogen (secondary N) is 1. The molecular weight excluding hydrogens is 264 g/mol. The average Bonchev–Trinajstić information content (AvgIpc) is 2.15. The summed E-state index contributed by atoms with van der Waals surface area (Å²) in [5, 5.41) is -0.417. The molecule has 7 heteroatoms. The number of anilines is 1. The lowest BCUT2D eigenvalue weighted by molar-refractivity contribution is 0.0981. The van der Waals surface area contributed by atoms with E-state index >= 15 is 0 Å². The van der Waals surface area contributed by atoms with Gasteiger partial charge in [-0.2, -0.15) is 0 Å². The van der Waals surface area contributed by atoms with Crippen LogP contribution in [0.15, 0.2) is 18.2 Å². The van der Waals surface area contributed by atoms with Crippen molar-refractivity contribution in [2.75, 3.05) is 5.73 Å². The summed E-state index contributed by atoms with van der Waals surface area (Å²) in [4.78, 5) is 11.7. The van der Waals surface area contributed by atoms with Crippen molar-refractivity contribution < 1.29 is 13.2 Å². The van der Waals surface area contributed by atoms with E-state index in [1.807, 2.05) is 4.72 Å². The number of rotatable bonds is 3. The molecule has 0 aliphatic carbocycles. The van der Waals surface area contributed by atoms with Crippen LogP contribution in [0.1, 0.15) is 24.2 Å². The zero-order chi connectivity index (χ0) is 13.2. The highest BCUT2D eigenvalue weighted by atomic mass is 35.5. The van der Waals surface area contributed by atoms with Crippen LogP contribution in [0, 0.1) is 0 Å². The van der Waals surface area contributed by atoms with Crippen LogP contribution in [0.5, 0.6) is 0 Å². The fourth-order valence-electron chi connectivity index (χ4n) is 1.05. The summed E-state index contributed by atoms with van der Waals surface area (Å²) in [6.45, 7) is 2.95. The van der Waals surface area contributed by atoms with Crippen LogP contribution in [0.25, 0.3) is 0 Å². The van der Waals surface area contributed by atoms with Gasteiger partial charge in [-0.25, -0.2) is 13.1 Å². The first-order valence-corrected chi connectivity index (χ1v) is 6.77. The van der Waals surface area contributed by atoms with E-state index in [-0.39, 0.29) is 10.6 Å². The Balaban J connectivity index is 2.99. The molecule has 0 bridgehead atoms. The first-order valence-electron chi connectivity index (χ1n) is 4.84. The molecule has 1 rings (SSSR count). The molecule has 5 nitrogen and oxygen atoms in total. The molecule has 1 aromatic carbocycles. The van der Waals surface area contributed by atoms with Gasteiger partial charge in [0.05, 0.1) is 5.25 Å². The Morgan fingerprint density at radius 3 is 2.41 bits per heavy atom. The van der Waals surface area contributed by atoms with Gasteiger partial charge in [0, 0.05) is 16.3 Å². The molecule has 0 aliphatic rings. The predicted octanol–water partition coefficient (Wildman–Crippen LogP) is 1.39. The van der Waals surface area contributed by atoms with E-state index in [0.29, 0.717) is 5.69 Å². The zero-order valence-electron chi connectivity index (χ0n) is 9.40. The van der Waals surface area contributed by atoms with Crippen molar-refractivity contribution in [2.24, 2.45) is 0 Å². The van der Waals surface area contributed by atoms with Crippen LogP contribution < -0.4 is 10.5 Å². The van der Waals surface area contributed by atoms with E-state index in [9.17, 15) is 13.2 Å². The number of nitrogens with two attached hydrogens (primary N) is 1. The third-order valence-electron chi connectivity index (χ3n) is 2.04. The molecular formula is C10H13ClN2O3S. The summed E-state index contributed by atoms with van der Waals surface area (Å²) in [6, 6.07) is 4.18. The minimum atomic E-state index is -3.65. The average molecular weight is 277 g/mol. The first-order chi connectivity index (χ1) is 7.72. The van der Waals surface area contributed by atoms with Crippen LogP contribution in [-0.4, -0.2) is 19.6 Å². The van der Waals surface area contributed by atoms with Crippen LogP contribution in [0.2, 0.25) is 5.02 Å². The Labute approximate surface area is 105 Å². The third kappa shape index (κ3) is 3.61. The van der Waals surface area contributed by atoms with Crippen LogP contribution in [0.4, 0.5) is 5.69 Å². The molecule has 0 saturated heterocycles. The van der Waals surface area contributed by atoms with Crippen molar-refractivity contribution >= 4 is 33.2 Å². The molecule has 17 heavy (non-hydrogen) atoms. The zero-order valence-corrected chi connectivity index (χ0v) is 11.0.